The molecule has 0 amide bonds. The first-order chi connectivity index (χ1) is 17.2. The van der Waals surface area contributed by atoms with E-state index >= 15 is 0 Å². The predicted molar refractivity (Wildman–Crippen MR) is 124 cm³/mol. The molecule has 7 nitrogen and oxygen atoms in total. The number of nitrogens with one attached hydrogen (secondary N) is 4. The zero-order chi connectivity index (χ0) is 25.2. The number of nitrogens with zero attached hydrogens (tertiary/aromatic N) is 2. The first kappa shape index (κ1) is 21.8. The number of fused-ring (bicyclic) bond motifs is 3. The van der Waals surface area contributed by atoms with Crippen LogP contribution in [0.25, 0.3) is 44.0 Å². The summed E-state index contributed by atoms with van der Waals surface area (Å²) in [5.41, 5.74) is -1.80. The molecule has 6 aromatic rings. The Kier molecular flexibility index (Phi) is 4.62. The molecule has 3 aromatic carbocycles. The van der Waals surface area contributed by atoms with E-state index in [1.54, 1.807) is 24.3 Å². The summed E-state index contributed by atoms with van der Waals surface area (Å²) in [4.78, 5) is 16.6. The molecule has 12 heteroatoms. The topological polar surface area (TPSA) is 102 Å². The minimum absolute atomic E-state index is 0.00209. The van der Waals surface area contributed by atoms with Gasteiger partial charge in [-0.05, 0) is 24.3 Å². The Morgan fingerprint density at radius 2 is 1.72 bits per heavy atom. The van der Waals surface area contributed by atoms with Gasteiger partial charge in [-0.15, -0.1) is 0 Å². The largest absolute Gasteiger partial charge is 0.417 e. The highest BCUT2D eigenvalue weighted by Gasteiger charge is 2.38. The Morgan fingerprint density at radius 3 is 2.53 bits per heavy atom. The van der Waals surface area contributed by atoms with Gasteiger partial charge in [-0.1, -0.05) is 24.3 Å². The van der Waals surface area contributed by atoms with E-state index in [9.17, 15) is 26.7 Å². The van der Waals surface area contributed by atoms with Gasteiger partial charge in [0, 0.05) is 22.4 Å². The Hall–Kier alpha value is -4.74. The van der Waals surface area contributed by atoms with Crippen LogP contribution in [0, 0.1) is 11.6 Å². The molecule has 4 N–H and O–H groups in total. The van der Waals surface area contributed by atoms with E-state index in [1.807, 2.05) is 0 Å². The average Bonchev–Trinajstić information content (AvgIpc) is 3.41. The van der Waals surface area contributed by atoms with Crippen LogP contribution in [0.3, 0.4) is 0 Å². The molecule has 0 unspecified atom stereocenters. The molecule has 0 aliphatic rings. The van der Waals surface area contributed by atoms with Gasteiger partial charge < -0.3 is 5.32 Å². The summed E-state index contributed by atoms with van der Waals surface area (Å²) in [7, 11) is 0. The maximum Gasteiger partial charge on any atom is 0.417 e. The van der Waals surface area contributed by atoms with Crippen LogP contribution >= 0.6 is 0 Å². The van der Waals surface area contributed by atoms with E-state index < -0.39 is 34.3 Å². The molecule has 0 bridgehead atoms. The fraction of sp³-hybridized carbons (Fsp3) is 0.0417. The van der Waals surface area contributed by atoms with E-state index in [1.165, 1.54) is 18.2 Å². The fourth-order valence-corrected chi connectivity index (χ4v) is 4.32. The van der Waals surface area contributed by atoms with E-state index in [4.69, 9.17) is 0 Å². The number of aromatic amines is 3. The van der Waals surface area contributed by atoms with Gasteiger partial charge >= 0.3 is 6.18 Å². The van der Waals surface area contributed by atoms with Gasteiger partial charge in [0.05, 0.1) is 33.4 Å². The van der Waals surface area contributed by atoms with E-state index in [2.05, 4.69) is 30.7 Å². The van der Waals surface area contributed by atoms with Crippen molar-refractivity contribution in [1.82, 2.24) is 25.4 Å². The monoisotopic (exact) mass is 496 g/mol. The lowest BCUT2D eigenvalue weighted by Crippen LogP contribution is -2.13. The van der Waals surface area contributed by atoms with Crippen LogP contribution in [0.4, 0.5) is 33.5 Å². The predicted octanol–water partition coefficient (Wildman–Crippen LogP) is 5.99. The molecular weight excluding hydrogens is 483 g/mol. The molecule has 0 fully saturated rings. The Balaban J connectivity index is 1.60. The van der Waals surface area contributed by atoms with Gasteiger partial charge in [-0.2, -0.15) is 18.3 Å². The molecule has 0 radical (unpaired) electrons. The molecule has 0 aliphatic heterocycles. The first-order valence-electron chi connectivity index (χ1n) is 10.5. The number of rotatable bonds is 3. The van der Waals surface area contributed by atoms with Gasteiger partial charge in [0.15, 0.2) is 11.6 Å². The number of benzene rings is 3. The van der Waals surface area contributed by atoms with Crippen LogP contribution in [0.1, 0.15) is 5.56 Å². The summed E-state index contributed by atoms with van der Waals surface area (Å²) < 4.78 is 70.6. The van der Waals surface area contributed by atoms with Gasteiger partial charge in [0.2, 0.25) is 0 Å². The van der Waals surface area contributed by atoms with Gasteiger partial charge in [0.1, 0.15) is 11.3 Å². The minimum atomic E-state index is -4.86. The lowest BCUT2D eigenvalue weighted by atomic mass is 9.98. The molecule has 0 spiro atoms. The number of H-pyrrole nitrogens is 3. The number of alkyl halides is 3. The molecule has 3 aromatic heterocycles. The van der Waals surface area contributed by atoms with Crippen molar-refractivity contribution in [2.24, 2.45) is 0 Å². The van der Waals surface area contributed by atoms with Crippen molar-refractivity contribution in [3.8, 4) is 11.3 Å². The Labute approximate surface area is 197 Å². The van der Waals surface area contributed by atoms with E-state index in [0.29, 0.717) is 22.7 Å². The van der Waals surface area contributed by atoms with Crippen molar-refractivity contribution in [1.29, 1.82) is 0 Å². The van der Waals surface area contributed by atoms with Crippen molar-refractivity contribution in [2.75, 3.05) is 5.32 Å². The summed E-state index contributed by atoms with van der Waals surface area (Å²) in [6.45, 7) is 0. The third-order valence-corrected chi connectivity index (χ3v) is 5.86. The highest BCUT2D eigenvalue weighted by molar-refractivity contribution is 6.00. The lowest BCUT2D eigenvalue weighted by Gasteiger charge is -2.16. The highest BCUT2D eigenvalue weighted by Crippen LogP contribution is 2.41. The fourth-order valence-electron chi connectivity index (χ4n) is 4.32. The van der Waals surface area contributed by atoms with Crippen LogP contribution in [0.15, 0.2) is 59.4 Å². The summed E-state index contributed by atoms with van der Waals surface area (Å²) in [6, 6.07) is 12.4. The number of aromatic nitrogens is 5. The maximum absolute atomic E-state index is 14.2. The average molecular weight is 496 g/mol. The smallest absolute Gasteiger partial charge is 0.338 e. The van der Waals surface area contributed by atoms with E-state index in [-0.39, 0.29) is 33.5 Å². The van der Waals surface area contributed by atoms with Crippen molar-refractivity contribution < 1.29 is 22.0 Å². The summed E-state index contributed by atoms with van der Waals surface area (Å²) in [6.07, 6.45) is -4.86. The van der Waals surface area contributed by atoms with Gasteiger partial charge in [-0.3, -0.25) is 20.1 Å². The molecule has 0 saturated heterocycles. The molecular formula is C24H13F5N6O. The number of para-hydroxylation sites is 1. The third-order valence-electron chi connectivity index (χ3n) is 5.86. The minimum Gasteiger partial charge on any atom is -0.338 e. The van der Waals surface area contributed by atoms with Crippen molar-refractivity contribution >= 4 is 44.2 Å². The molecule has 6 rings (SSSR count). The second kappa shape index (κ2) is 7.63. The second-order valence-corrected chi connectivity index (χ2v) is 8.07. The van der Waals surface area contributed by atoms with Crippen LogP contribution < -0.4 is 10.9 Å². The van der Waals surface area contributed by atoms with Crippen molar-refractivity contribution in [2.45, 2.75) is 6.18 Å². The zero-order valence-corrected chi connectivity index (χ0v) is 17.9. The zero-order valence-electron chi connectivity index (χ0n) is 17.9. The van der Waals surface area contributed by atoms with Crippen molar-refractivity contribution in [3.05, 3.63) is 82.1 Å². The Bertz CT molecular complexity index is 1870. The van der Waals surface area contributed by atoms with Crippen LogP contribution in [-0.4, -0.2) is 25.4 Å². The third kappa shape index (κ3) is 3.37. The Morgan fingerprint density at radius 1 is 0.917 bits per heavy atom. The number of anilines is 2. The standard InChI is InChI=1S/C24H13F5N6O/c25-10-7-13-21(14(26)8-10)33-34-22(13)31-17-9-18(30-15-4-2-1-3-11(15)17)12-5-6-16-19(23(36)35-32-16)20(12)24(27,28)29/h1-9H,(H2,32,35,36)(H2,30,31,33,34). The molecule has 0 atom stereocenters. The van der Waals surface area contributed by atoms with Crippen molar-refractivity contribution in [3.63, 3.8) is 0 Å². The molecule has 36 heavy (non-hydrogen) atoms. The second-order valence-electron chi connectivity index (χ2n) is 8.07. The molecule has 180 valence electrons. The summed E-state index contributed by atoms with van der Waals surface area (Å²) >= 11 is 0. The SMILES string of the molecule is O=c1[nH][nH]c2ccc(-c3cc(Nc4n[nH]c5c(F)cc(F)cc45)c4ccccc4n3)c(C(F)(F)F)c12. The van der Waals surface area contributed by atoms with Crippen LogP contribution in [-0.2, 0) is 6.18 Å². The van der Waals surface area contributed by atoms with Gasteiger partial charge in [0.25, 0.3) is 5.56 Å². The normalized spacial score (nSPS) is 12.1. The maximum atomic E-state index is 14.2. The first-order valence-corrected chi connectivity index (χ1v) is 10.5. The molecule has 3 heterocycles. The summed E-state index contributed by atoms with van der Waals surface area (Å²) in [5.74, 6) is -1.59. The number of hydrogen-bond donors (Lipinski definition) is 4. The molecule has 0 saturated carbocycles. The van der Waals surface area contributed by atoms with Crippen LogP contribution in [0.2, 0.25) is 0 Å². The highest BCUT2D eigenvalue weighted by atomic mass is 19.4. The van der Waals surface area contributed by atoms with E-state index in [0.717, 1.165) is 6.07 Å². The summed E-state index contributed by atoms with van der Waals surface area (Å²) in [5, 5.41) is 14.2. The molecule has 0 aliphatic carbocycles. The number of pyridine rings is 1. The van der Waals surface area contributed by atoms with Gasteiger partial charge in [-0.25, -0.2) is 13.8 Å². The quantitative estimate of drug-likeness (QED) is 0.226. The lowest BCUT2D eigenvalue weighted by molar-refractivity contribution is -0.135. The number of halogens is 5. The number of hydrogen-bond acceptors (Lipinski definition) is 4. The van der Waals surface area contributed by atoms with Crippen LogP contribution in [0.5, 0.6) is 0 Å².